The number of ether oxygens (including phenoxy) is 1. The van der Waals surface area contributed by atoms with E-state index in [4.69, 9.17) is 4.74 Å². The van der Waals surface area contributed by atoms with Gasteiger partial charge in [-0.25, -0.2) is 8.42 Å². The number of hydrogen-bond acceptors (Lipinski definition) is 5. The van der Waals surface area contributed by atoms with Crippen molar-refractivity contribution in [1.29, 1.82) is 0 Å². The summed E-state index contributed by atoms with van der Waals surface area (Å²) in [6.07, 6.45) is 2.78. The molecule has 1 amide bonds. The summed E-state index contributed by atoms with van der Waals surface area (Å²) in [5.41, 5.74) is 3.32. The highest BCUT2D eigenvalue weighted by Crippen LogP contribution is 2.21. The fourth-order valence-electron chi connectivity index (χ4n) is 4.33. The molecule has 4 rings (SSSR count). The molecule has 0 spiro atoms. The van der Waals surface area contributed by atoms with Crippen molar-refractivity contribution in [3.05, 3.63) is 65.2 Å². The average molecular weight is 472 g/mol. The summed E-state index contributed by atoms with van der Waals surface area (Å²) in [6, 6.07) is 15.2. The van der Waals surface area contributed by atoms with Crippen molar-refractivity contribution in [1.82, 2.24) is 14.5 Å². The van der Waals surface area contributed by atoms with Crippen LogP contribution in [-0.4, -0.2) is 62.9 Å². The summed E-state index contributed by atoms with van der Waals surface area (Å²) >= 11 is 0. The van der Waals surface area contributed by atoms with Crippen LogP contribution in [-0.2, 0) is 39.1 Å². The molecule has 2 aromatic rings. The van der Waals surface area contributed by atoms with Gasteiger partial charge >= 0.3 is 0 Å². The second-order valence-corrected chi connectivity index (χ2v) is 10.6. The molecule has 8 heteroatoms. The molecule has 0 atom stereocenters. The molecule has 2 aliphatic rings. The summed E-state index contributed by atoms with van der Waals surface area (Å²) in [6.45, 7) is 5.96. The number of nitrogens with zero attached hydrogens (tertiary/aromatic N) is 2. The van der Waals surface area contributed by atoms with Crippen LogP contribution in [0.4, 0.5) is 0 Å². The van der Waals surface area contributed by atoms with E-state index in [-0.39, 0.29) is 5.91 Å². The molecule has 2 heterocycles. The van der Waals surface area contributed by atoms with Gasteiger partial charge in [0.2, 0.25) is 15.9 Å². The van der Waals surface area contributed by atoms with Gasteiger partial charge in [-0.05, 0) is 48.1 Å². The van der Waals surface area contributed by atoms with Crippen molar-refractivity contribution < 1.29 is 17.9 Å². The molecule has 0 unspecified atom stereocenters. The van der Waals surface area contributed by atoms with E-state index in [1.807, 2.05) is 24.3 Å². The fraction of sp³-hybridized carbons (Fsp3) is 0.480. The molecule has 2 aromatic carbocycles. The number of amides is 1. The van der Waals surface area contributed by atoms with Gasteiger partial charge in [0.15, 0.2) is 0 Å². The van der Waals surface area contributed by atoms with Crippen molar-refractivity contribution in [3.63, 3.8) is 0 Å². The molecular formula is C25H33N3O4S. The zero-order valence-electron chi connectivity index (χ0n) is 19.0. The summed E-state index contributed by atoms with van der Waals surface area (Å²) in [5.74, 6) is -0.00931. The molecule has 2 fully saturated rings. The Bertz CT molecular complexity index is 1030. The number of benzene rings is 2. The van der Waals surface area contributed by atoms with E-state index in [2.05, 4.69) is 22.3 Å². The zero-order chi connectivity index (χ0) is 23.1. The third-order valence-corrected chi connectivity index (χ3v) is 8.27. The first-order valence-electron chi connectivity index (χ1n) is 11.7. The summed E-state index contributed by atoms with van der Waals surface area (Å²) in [7, 11) is -3.40. The van der Waals surface area contributed by atoms with Crippen LogP contribution in [0, 0.1) is 0 Å². The number of carbonyl (C=O) groups excluding carboxylic acids is 1. The van der Waals surface area contributed by atoms with Crippen LogP contribution in [0.15, 0.2) is 53.4 Å². The molecule has 0 saturated carbocycles. The van der Waals surface area contributed by atoms with Gasteiger partial charge in [-0.2, -0.15) is 4.31 Å². The highest BCUT2D eigenvalue weighted by molar-refractivity contribution is 7.89. The maximum absolute atomic E-state index is 12.6. The highest BCUT2D eigenvalue weighted by atomic mass is 32.2. The van der Waals surface area contributed by atoms with E-state index in [0.29, 0.717) is 37.4 Å². The minimum absolute atomic E-state index is 0.00931. The molecule has 33 heavy (non-hydrogen) atoms. The Morgan fingerprint density at radius 1 is 0.909 bits per heavy atom. The number of hydrogen-bond donors (Lipinski definition) is 1. The second kappa shape index (κ2) is 11.2. The minimum Gasteiger partial charge on any atom is -0.379 e. The number of sulfonamides is 1. The van der Waals surface area contributed by atoms with Gasteiger partial charge in [-0.3, -0.25) is 9.69 Å². The Balaban J connectivity index is 1.26. The predicted octanol–water partition coefficient (Wildman–Crippen LogP) is 2.55. The van der Waals surface area contributed by atoms with Gasteiger partial charge in [0.05, 0.1) is 18.1 Å². The Morgan fingerprint density at radius 2 is 1.58 bits per heavy atom. The fourth-order valence-corrected chi connectivity index (χ4v) is 5.85. The number of aryl methyl sites for hydroxylation is 1. The average Bonchev–Trinajstić information content (AvgIpc) is 3.39. The van der Waals surface area contributed by atoms with Gasteiger partial charge in [-0.15, -0.1) is 0 Å². The SMILES string of the molecule is O=C(CCc1ccc(S(=O)(=O)N2CCCC2)cc1)NCc1ccccc1CN1CCOCC1. The van der Waals surface area contributed by atoms with Crippen LogP contribution in [0.5, 0.6) is 0 Å². The molecule has 178 valence electrons. The van der Waals surface area contributed by atoms with Crippen LogP contribution in [0.3, 0.4) is 0 Å². The Kier molecular flexibility index (Phi) is 8.14. The Labute approximate surface area is 196 Å². The Morgan fingerprint density at radius 3 is 2.27 bits per heavy atom. The highest BCUT2D eigenvalue weighted by Gasteiger charge is 2.26. The number of morpholine rings is 1. The molecular weight excluding hydrogens is 438 g/mol. The first-order chi connectivity index (χ1) is 16.0. The van der Waals surface area contributed by atoms with Gasteiger partial charge in [0.1, 0.15) is 0 Å². The van der Waals surface area contributed by atoms with Crippen molar-refractivity contribution in [2.45, 2.75) is 43.7 Å². The molecule has 2 saturated heterocycles. The lowest BCUT2D eigenvalue weighted by atomic mass is 10.1. The summed E-state index contributed by atoms with van der Waals surface area (Å²) < 4.78 is 32.2. The maximum Gasteiger partial charge on any atom is 0.243 e. The van der Waals surface area contributed by atoms with Crippen molar-refractivity contribution in [2.75, 3.05) is 39.4 Å². The number of rotatable bonds is 9. The molecule has 0 bridgehead atoms. The van der Waals surface area contributed by atoms with E-state index >= 15 is 0 Å². The van der Waals surface area contributed by atoms with Crippen LogP contribution >= 0.6 is 0 Å². The van der Waals surface area contributed by atoms with Crippen molar-refractivity contribution >= 4 is 15.9 Å². The maximum atomic E-state index is 12.6. The standard InChI is InChI=1S/C25H33N3O4S/c29-25(26-19-22-5-1-2-6-23(22)20-27-15-17-32-18-16-27)12-9-21-7-10-24(11-8-21)33(30,31)28-13-3-4-14-28/h1-2,5-8,10-11H,3-4,9,12-20H2,(H,26,29). The second-order valence-electron chi connectivity index (χ2n) is 8.69. The quantitative estimate of drug-likeness (QED) is 0.608. The van der Waals surface area contributed by atoms with Crippen LogP contribution < -0.4 is 5.32 Å². The van der Waals surface area contributed by atoms with Gasteiger partial charge in [0, 0.05) is 45.7 Å². The molecule has 1 N–H and O–H groups in total. The summed E-state index contributed by atoms with van der Waals surface area (Å²) in [5, 5.41) is 3.03. The molecule has 2 aliphatic heterocycles. The predicted molar refractivity (Wildman–Crippen MR) is 127 cm³/mol. The van der Waals surface area contributed by atoms with Crippen molar-refractivity contribution in [3.8, 4) is 0 Å². The lowest BCUT2D eigenvalue weighted by Crippen LogP contribution is -2.36. The first-order valence-corrected chi connectivity index (χ1v) is 13.2. The molecule has 0 radical (unpaired) electrons. The monoisotopic (exact) mass is 471 g/mol. The van der Waals surface area contributed by atoms with Gasteiger partial charge in [0.25, 0.3) is 0 Å². The number of nitrogens with one attached hydrogen (secondary N) is 1. The van der Waals surface area contributed by atoms with Gasteiger partial charge in [-0.1, -0.05) is 36.4 Å². The van der Waals surface area contributed by atoms with E-state index in [0.717, 1.165) is 56.8 Å². The van der Waals surface area contributed by atoms with Crippen LogP contribution in [0.2, 0.25) is 0 Å². The smallest absolute Gasteiger partial charge is 0.243 e. The van der Waals surface area contributed by atoms with Crippen LogP contribution in [0.1, 0.15) is 36.0 Å². The summed E-state index contributed by atoms with van der Waals surface area (Å²) in [4.78, 5) is 15.2. The van der Waals surface area contributed by atoms with E-state index in [1.165, 1.54) is 5.56 Å². The molecule has 0 aromatic heterocycles. The van der Waals surface area contributed by atoms with Crippen LogP contribution in [0.25, 0.3) is 0 Å². The first kappa shape index (κ1) is 23.9. The van der Waals surface area contributed by atoms with E-state index < -0.39 is 10.0 Å². The molecule has 0 aliphatic carbocycles. The largest absolute Gasteiger partial charge is 0.379 e. The zero-order valence-corrected chi connectivity index (χ0v) is 19.9. The lowest BCUT2D eigenvalue weighted by Gasteiger charge is -2.27. The third kappa shape index (κ3) is 6.41. The Hall–Kier alpha value is -2.26. The van der Waals surface area contributed by atoms with E-state index in [9.17, 15) is 13.2 Å². The lowest BCUT2D eigenvalue weighted by molar-refractivity contribution is -0.121. The van der Waals surface area contributed by atoms with Gasteiger partial charge < -0.3 is 10.1 Å². The normalized spacial score (nSPS) is 17.8. The minimum atomic E-state index is -3.40. The number of carbonyl (C=O) groups is 1. The molecule has 7 nitrogen and oxygen atoms in total. The van der Waals surface area contributed by atoms with Crippen molar-refractivity contribution in [2.24, 2.45) is 0 Å². The topological polar surface area (TPSA) is 79.0 Å². The third-order valence-electron chi connectivity index (χ3n) is 6.36. The van der Waals surface area contributed by atoms with E-state index in [1.54, 1.807) is 16.4 Å².